The smallest absolute Gasteiger partial charge is 0.273 e. The van der Waals surface area contributed by atoms with E-state index in [0.29, 0.717) is 15.1 Å². The van der Waals surface area contributed by atoms with Gasteiger partial charge in [0.2, 0.25) is 0 Å². The fourth-order valence-electron chi connectivity index (χ4n) is 1.32. The molecule has 0 N–H and O–H groups in total. The first-order valence-corrected chi connectivity index (χ1v) is 5.91. The van der Waals surface area contributed by atoms with Crippen LogP contribution in [0.5, 0.6) is 0 Å². The number of fused-ring (bicyclic) bond motifs is 1. The summed E-state index contributed by atoms with van der Waals surface area (Å²) in [6.07, 6.45) is 0.896. The molecule has 6 heteroatoms. The lowest BCUT2D eigenvalue weighted by Crippen LogP contribution is -2.18. The zero-order valence-electron chi connectivity index (χ0n) is 7.86. The average Bonchev–Trinajstić information content (AvgIpc) is 2.56. The number of aldehydes is 1. The lowest BCUT2D eigenvalue weighted by molar-refractivity contribution is -0.107. The van der Waals surface area contributed by atoms with Crippen molar-refractivity contribution in [3.05, 3.63) is 31.6 Å². The molecule has 0 aromatic carbocycles. The summed E-state index contributed by atoms with van der Waals surface area (Å²) in [5.41, 5.74) is 1.19. The molecule has 2 rings (SSSR count). The van der Waals surface area contributed by atoms with Crippen LogP contribution < -0.4 is 5.56 Å². The van der Waals surface area contributed by atoms with Crippen LogP contribution in [0.4, 0.5) is 0 Å². The number of carbonyl (C=O) groups excluding carboxylic acids is 1. The Balaban J connectivity index is 2.84. The van der Waals surface area contributed by atoms with Gasteiger partial charge in [-0.2, -0.15) is 0 Å². The topological polar surface area (TPSA) is 51.4 Å². The molecule has 4 nitrogen and oxygen atoms in total. The van der Waals surface area contributed by atoms with Gasteiger partial charge in [0.25, 0.3) is 5.56 Å². The summed E-state index contributed by atoms with van der Waals surface area (Å²) < 4.78 is 1.90. The Labute approximate surface area is 97.7 Å². The van der Waals surface area contributed by atoms with Gasteiger partial charge in [-0.15, -0.1) is 11.3 Å². The van der Waals surface area contributed by atoms with Crippen molar-refractivity contribution in [3.8, 4) is 0 Å². The molecule has 2 aromatic rings. The average molecular weight is 287 g/mol. The van der Waals surface area contributed by atoms with Crippen molar-refractivity contribution in [1.82, 2.24) is 9.38 Å². The van der Waals surface area contributed by atoms with E-state index in [1.807, 2.05) is 12.3 Å². The lowest BCUT2D eigenvalue weighted by Gasteiger charge is -2.00. The number of carbonyl (C=O) groups is 1. The molecular weight excluding hydrogens is 280 g/mol. The van der Waals surface area contributed by atoms with Crippen LogP contribution in [0.1, 0.15) is 11.4 Å². The van der Waals surface area contributed by atoms with Crippen LogP contribution in [0.15, 0.2) is 14.6 Å². The van der Waals surface area contributed by atoms with Crippen LogP contribution in [-0.2, 0) is 11.2 Å². The van der Waals surface area contributed by atoms with Gasteiger partial charge in [-0.25, -0.2) is 4.98 Å². The number of hydrogen-bond acceptors (Lipinski definition) is 4. The molecule has 0 aliphatic rings. The molecule has 0 atom stereocenters. The van der Waals surface area contributed by atoms with E-state index >= 15 is 0 Å². The van der Waals surface area contributed by atoms with Crippen molar-refractivity contribution >= 4 is 38.5 Å². The minimum Gasteiger partial charge on any atom is -0.303 e. The van der Waals surface area contributed by atoms with E-state index in [4.69, 9.17) is 0 Å². The van der Waals surface area contributed by atoms with Gasteiger partial charge >= 0.3 is 0 Å². The molecule has 0 amide bonds. The monoisotopic (exact) mass is 286 g/mol. The van der Waals surface area contributed by atoms with Crippen LogP contribution in [0, 0.1) is 6.92 Å². The number of halogens is 1. The summed E-state index contributed by atoms with van der Waals surface area (Å²) >= 11 is 4.56. The Bertz CT molecular complexity index is 588. The van der Waals surface area contributed by atoms with Gasteiger partial charge in [-0.1, -0.05) is 0 Å². The highest BCUT2D eigenvalue weighted by Gasteiger charge is 2.12. The molecule has 0 fully saturated rings. The van der Waals surface area contributed by atoms with E-state index in [1.165, 1.54) is 15.7 Å². The zero-order valence-corrected chi connectivity index (χ0v) is 10.3. The summed E-state index contributed by atoms with van der Waals surface area (Å²) in [4.78, 5) is 27.2. The second-order valence-electron chi connectivity index (χ2n) is 3.04. The molecule has 2 aromatic heterocycles. The van der Waals surface area contributed by atoms with Gasteiger partial charge in [-0.3, -0.25) is 9.20 Å². The Hall–Kier alpha value is -1.01. The van der Waals surface area contributed by atoms with E-state index in [2.05, 4.69) is 20.9 Å². The van der Waals surface area contributed by atoms with Crippen molar-refractivity contribution in [2.75, 3.05) is 0 Å². The number of rotatable bonds is 2. The van der Waals surface area contributed by atoms with Gasteiger partial charge < -0.3 is 4.79 Å². The van der Waals surface area contributed by atoms with Crippen molar-refractivity contribution < 1.29 is 4.79 Å². The zero-order chi connectivity index (χ0) is 11.0. The molecule has 2 heterocycles. The first-order valence-electron chi connectivity index (χ1n) is 4.24. The highest BCUT2D eigenvalue weighted by Crippen LogP contribution is 2.16. The number of nitrogens with zero attached hydrogens (tertiary/aromatic N) is 2. The number of aromatic nitrogens is 2. The summed E-state index contributed by atoms with van der Waals surface area (Å²) in [6.45, 7) is 1.85. The van der Waals surface area contributed by atoms with Crippen LogP contribution in [0.3, 0.4) is 0 Å². The Kier molecular flexibility index (Phi) is 2.70. The third-order valence-corrected chi connectivity index (χ3v) is 3.77. The van der Waals surface area contributed by atoms with Gasteiger partial charge in [-0.05, 0) is 22.9 Å². The SMILES string of the molecule is Cc1csc2nc(CC=O)c(Br)c(=O)n12. The minimum absolute atomic E-state index is 0.156. The third-order valence-electron chi connectivity index (χ3n) is 2.03. The van der Waals surface area contributed by atoms with Crippen molar-refractivity contribution in [3.63, 3.8) is 0 Å². The molecule has 0 aliphatic carbocycles. The molecule has 15 heavy (non-hydrogen) atoms. The molecule has 0 unspecified atom stereocenters. The molecule has 0 bridgehead atoms. The van der Waals surface area contributed by atoms with Crippen LogP contribution in [0.2, 0.25) is 0 Å². The van der Waals surface area contributed by atoms with Gasteiger partial charge in [0.15, 0.2) is 4.96 Å². The quantitative estimate of drug-likeness (QED) is 0.788. The Morgan fingerprint density at radius 1 is 1.67 bits per heavy atom. The first-order chi connectivity index (χ1) is 7.15. The molecule has 0 saturated carbocycles. The van der Waals surface area contributed by atoms with E-state index in [0.717, 1.165) is 12.0 Å². The van der Waals surface area contributed by atoms with Crippen molar-refractivity contribution in [1.29, 1.82) is 0 Å². The molecule has 78 valence electrons. The highest BCUT2D eigenvalue weighted by atomic mass is 79.9. The normalized spacial score (nSPS) is 10.8. The predicted octanol–water partition coefficient (Wildman–Crippen LogP) is 1.57. The van der Waals surface area contributed by atoms with Crippen LogP contribution >= 0.6 is 27.3 Å². The fourth-order valence-corrected chi connectivity index (χ4v) is 2.62. The Morgan fingerprint density at radius 2 is 2.40 bits per heavy atom. The number of aryl methyl sites for hydroxylation is 1. The first kappa shape index (κ1) is 10.5. The summed E-state index contributed by atoms with van der Waals surface area (Å²) in [6, 6.07) is 0. The van der Waals surface area contributed by atoms with Gasteiger partial charge in [0, 0.05) is 17.5 Å². The van der Waals surface area contributed by atoms with Gasteiger partial charge in [0.05, 0.1) is 5.69 Å². The third kappa shape index (κ3) is 1.63. The standard InChI is InChI=1S/C9H7BrN2O2S/c1-5-4-15-9-11-6(2-3-13)7(10)8(14)12(5)9/h3-4H,2H2,1H3. The van der Waals surface area contributed by atoms with Crippen LogP contribution in [-0.4, -0.2) is 15.7 Å². The van der Waals surface area contributed by atoms with Gasteiger partial charge in [0.1, 0.15) is 10.8 Å². The highest BCUT2D eigenvalue weighted by molar-refractivity contribution is 9.10. The second kappa shape index (κ2) is 3.86. The fraction of sp³-hybridized carbons (Fsp3) is 0.222. The van der Waals surface area contributed by atoms with Crippen LogP contribution in [0.25, 0.3) is 4.96 Å². The second-order valence-corrected chi connectivity index (χ2v) is 4.67. The van der Waals surface area contributed by atoms with Crippen molar-refractivity contribution in [2.24, 2.45) is 0 Å². The number of hydrogen-bond donors (Lipinski definition) is 0. The Morgan fingerprint density at radius 3 is 3.07 bits per heavy atom. The number of thiazole rings is 1. The maximum Gasteiger partial charge on any atom is 0.273 e. The van der Waals surface area contributed by atoms with E-state index in [-0.39, 0.29) is 12.0 Å². The maximum absolute atomic E-state index is 11.9. The summed E-state index contributed by atoms with van der Waals surface area (Å²) in [5, 5.41) is 1.86. The summed E-state index contributed by atoms with van der Waals surface area (Å²) in [7, 11) is 0. The lowest BCUT2D eigenvalue weighted by atomic mass is 10.3. The molecule has 0 spiro atoms. The van der Waals surface area contributed by atoms with E-state index in [9.17, 15) is 9.59 Å². The van der Waals surface area contributed by atoms with E-state index < -0.39 is 0 Å². The molecule has 0 radical (unpaired) electrons. The van der Waals surface area contributed by atoms with Crippen molar-refractivity contribution in [2.45, 2.75) is 13.3 Å². The summed E-state index contributed by atoms with van der Waals surface area (Å²) in [5.74, 6) is 0. The molecule has 0 saturated heterocycles. The predicted molar refractivity (Wildman–Crippen MR) is 61.5 cm³/mol. The molecule has 0 aliphatic heterocycles. The minimum atomic E-state index is -0.157. The molecular formula is C9H7BrN2O2S. The van der Waals surface area contributed by atoms with E-state index in [1.54, 1.807) is 0 Å². The largest absolute Gasteiger partial charge is 0.303 e. The maximum atomic E-state index is 11.9.